The Bertz CT molecular complexity index is 974. The van der Waals surface area contributed by atoms with Crippen LogP contribution in [0.1, 0.15) is 11.1 Å². The zero-order valence-electron chi connectivity index (χ0n) is 15.2. The smallest absolute Gasteiger partial charge is 0.234 e. The van der Waals surface area contributed by atoms with Gasteiger partial charge in [0.2, 0.25) is 11.1 Å². The molecule has 0 fully saturated rings. The second-order valence-corrected chi connectivity index (χ2v) is 7.35. The van der Waals surface area contributed by atoms with E-state index in [-0.39, 0.29) is 11.7 Å². The number of rotatable bonds is 6. The van der Waals surface area contributed by atoms with Gasteiger partial charge in [0.05, 0.1) is 18.4 Å². The zero-order chi connectivity index (χ0) is 19.4. The van der Waals surface area contributed by atoms with Crippen LogP contribution in [0.3, 0.4) is 0 Å². The van der Waals surface area contributed by atoms with Gasteiger partial charge in [-0.05, 0) is 43.7 Å². The standard InChI is InChI=1S/C19H19ClN4O2S/c1-11-4-6-15(12(2)8-11)21-17(25)10-27-19-22-18(23-24-19)14-9-13(20)5-7-16(14)26-3/h4-9H,10H2,1-3H3,(H,21,25)(H,22,23,24). The van der Waals surface area contributed by atoms with Crippen molar-refractivity contribution in [3.63, 3.8) is 0 Å². The maximum Gasteiger partial charge on any atom is 0.234 e. The maximum atomic E-state index is 12.2. The Labute approximate surface area is 166 Å². The monoisotopic (exact) mass is 402 g/mol. The highest BCUT2D eigenvalue weighted by Crippen LogP contribution is 2.31. The number of anilines is 1. The molecule has 0 bridgehead atoms. The molecule has 3 rings (SSSR count). The third kappa shape index (κ3) is 4.81. The van der Waals surface area contributed by atoms with Gasteiger partial charge in [-0.3, -0.25) is 9.89 Å². The highest BCUT2D eigenvalue weighted by Gasteiger charge is 2.13. The first-order valence-electron chi connectivity index (χ1n) is 8.22. The van der Waals surface area contributed by atoms with Gasteiger partial charge < -0.3 is 10.1 Å². The number of thioether (sulfide) groups is 1. The number of aromatic nitrogens is 3. The molecule has 0 aliphatic carbocycles. The summed E-state index contributed by atoms with van der Waals surface area (Å²) in [7, 11) is 1.58. The van der Waals surface area contributed by atoms with Gasteiger partial charge in [0.1, 0.15) is 5.75 Å². The van der Waals surface area contributed by atoms with Crippen molar-refractivity contribution >= 4 is 35.0 Å². The number of ether oxygens (including phenoxy) is 1. The summed E-state index contributed by atoms with van der Waals surface area (Å²) in [6, 6.07) is 11.2. The van der Waals surface area contributed by atoms with Crippen molar-refractivity contribution in [3.8, 4) is 17.1 Å². The third-order valence-electron chi connectivity index (χ3n) is 3.87. The Morgan fingerprint density at radius 1 is 1.26 bits per heavy atom. The quantitative estimate of drug-likeness (QED) is 0.594. The number of carbonyl (C=O) groups excluding carboxylic acids is 1. The molecule has 0 radical (unpaired) electrons. The van der Waals surface area contributed by atoms with Crippen LogP contribution >= 0.6 is 23.4 Å². The summed E-state index contributed by atoms with van der Waals surface area (Å²) in [6.45, 7) is 3.99. The summed E-state index contributed by atoms with van der Waals surface area (Å²) >= 11 is 7.31. The van der Waals surface area contributed by atoms with Crippen molar-refractivity contribution in [2.45, 2.75) is 19.0 Å². The average Bonchev–Trinajstić information content (AvgIpc) is 3.11. The number of halogens is 1. The minimum atomic E-state index is -0.112. The number of hydrogen-bond donors (Lipinski definition) is 2. The van der Waals surface area contributed by atoms with Gasteiger partial charge in [0, 0.05) is 10.7 Å². The molecular weight excluding hydrogens is 384 g/mol. The number of nitrogens with zero attached hydrogens (tertiary/aromatic N) is 2. The number of methoxy groups -OCH3 is 1. The predicted octanol–water partition coefficient (Wildman–Crippen LogP) is 4.48. The molecule has 0 atom stereocenters. The SMILES string of the molecule is COc1ccc(Cl)cc1-c1nc(SCC(=O)Nc2ccc(C)cc2C)n[nH]1. The first kappa shape index (κ1) is 19.3. The zero-order valence-corrected chi connectivity index (χ0v) is 16.7. The normalized spacial score (nSPS) is 10.7. The predicted molar refractivity (Wildman–Crippen MR) is 109 cm³/mol. The number of amides is 1. The summed E-state index contributed by atoms with van der Waals surface area (Å²) in [5, 5.41) is 11.0. The lowest BCUT2D eigenvalue weighted by atomic mass is 10.1. The van der Waals surface area contributed by atoms with Gasteiger partial charge >= 0.3 is 0 Å². The lowest BCUT2D eigenvalue weighted by Gasteiger charge is -2.08. The minimum absolute atomic E-state index is 0.112. The van der Waals surface area contributed by atoms with E-state index >= 15 is 0 Å². The molecule has 0 unspecified atom stereocenters. The minimum Gasteiger partial charge on any atom is -0.496 e. The van der Waals surface area contributed by atoms with Crippen LogP contribution in [0.2, 0.25) is 5.02 Å². The molecule has 0 saturated heterocycles. The topological polar surface area (TPSA) is 79.9 Å². The van der Waals surface area contributed by atoms with Gasteiger partial charge in [0.15, 0.2) is 5.82 Å². The van der Waals surface area contributed by atoms with Gasteiger partial charge in [-0.25, -0.2) is 4.98 Å². The molecule has 0 saturated carbocycles. The molecule has 1 heterocycles. The van der Waals surface area contributed by atoms with Crippen molar-refractivity contribution in [1.29, 1.82) is 0 Å². The Balaban J connectivity index is 1.64. The van der Waals surface area contributed by atoms with Crippen LogP contribution in [0.15, 0.2) is 41.6 Å². The highest BCUT2D eigenvalue weighted by atomic mass is 35.5. The molecule has 0 aliphatic heterocycles. The molecule has 27 heavy (non-hydrogen) atoms. The lowest BCUT2D eigenvalue weighted by molar-refractivity contribution is -0.113. The van der Waals surface area contributed by atoms with E-state index in [1.165, 1.54) is 11.8 Å². The molecule has 2 N–H and O–H groups in total. The summed E-state index contributed by atoms with van der Waals surface area (Å²) in [5.41, 5.74) is 3.71. The van der Waals surface area contributed by atoms with E-state index in [4.69, 9.17) is 16.3 Å². The van der Waals surface area contributed by atoms with Crippen molar-refractivity contribution in [1.82, 2.24) is 15.2 Å². The van der Waals surface area contributed by atoms with Crippen molar-refractivity contribution < 1.29 is 9.53 Å². The number of nitrogens with one attached hydrogen (secondary N) is 2. The number of H-pyrrole nitrogens is 1. The number of aromatic amines is 1. The van der Waals surface area contributed by atoms with Gasteiger partial charge in [-0.15, -0.1) is 5.10 Å². The van der Waals surface area contributed by atoms with E-state index in [1.807, 2.05) is 32.0 Å². The average molecular weight is 403 g/mol. The summed E-state index contributed by atoms with van der Waals surface area (Å²) in [4.78, 5) is 16.6. The van der Waals surface area contributed by atoms with Crippen LogP contribution in [-0.4, -0.2) is 34.0 Å². The molecule has 1 amide bonds. The van der Waals surface area contributed by atoms with E-state index in [9.17, 15) is 4.79 Å². The largest absolute Gasteiger partial charge is 0.496 e. The molecule has 0 aliphatic rings. The molecule has 140 valence electrons. The van der Waals surface area contributed by atoms with Crippen LogP contribution in [0, 0.1) is 13.8 Å². The van der Waals surface area contributed by atoms with Crippen molar-refractivity contribution in [3.05, 3.63) is 52.5 Å². The summed E-state index contributed by atoms with van der Waals surface area (Å²) < 4.78 is 5.33. The van der Waals surface area contributed by atoms with E-state index in [0.29, 0.717) is 27.3 Å². The first-order chi connectivity index (χ1) is 13.0. The van der Waals surface area contributed by atoms with Crippen molar-refractivity contribution in [2.24, 2.45) is 0 Å². The molecule has 1 aromatic heterocycles. The van der Waals surface area contributed by atoms with Crippen LogP contribution in [0.5, 0.6) is 5.75 Å². The fraction of sp³-hybridized carbons (Fsp3) is 0.211. The van der Waals surface area contributed by atoms with E-state index in [1.54, 1.807) is 25.3 Å². The lowest BCUT2D eigenvalue weighted by Crippen LogP contribution is -2.15. The second-order valence-electron chi connectivity index (χ2n) is 5.97. The molecule has 0 spiro atoms. The van der Waals surface area contributed by atoms with E-state index in [0.717, 1.165) is 16.8 Å². The van der Waals surface area contributed by atoms with Crippen molar-refractivity contribution in [2.75, 3.05) is 18.2 Å². The molecule has 8 heteroatoms. The fourth-order valence-corrected chi connectivity index (χ4v) is 3.34. The highest BCUT2D eigenvalue weighted by molar-refractivity contribution is 7.99. The molecule has 3 aromatic rings. The molecule has 2 aromatic carbocycles. The Kier molecular flexibility index (Phi) is 6.03. The first-order valence-corrected chi connectivity index (χ1v) is 9.59. The van der Waals surface area contributed by atoms with E-state index < -0.39 is 0 Å². The Morgan fingerprint density at radius 2 is 2.07 bits per heavy atom. The number of benzene rings is 2. The Hall–Kier alpha value is -2.51. The van der Waals surface area contributed by atoms with E-state index in [2.05, 4.69) is 20.5 Å². The fourth-order valence-electron chi connectivity index (χ4n) is 2.57. The molecule has 6 nitrogen and oxygen atoms in total. The summed E-state index contributed by atoms with van der Waals surface area (Å²) in [5.74, 6) is 1.27. The van der Waals surface area contributed by atoms with Gasteiger partial charge in [-0.2, -0.15) is 0 Å². The third-order valence-corrected chi connectivity index (χ3v) is 4.95. The summed E-state index contributed by atoms with van der Waals surface area (Å²) in [6.07, 6.45) is 0. The molecular formula is C19H19ClN4O2S. The Morgan fingerprint density at radius 3 is 2.81 bits per heavy atom. The second kappa shape index (κ2) is 8.45. The van der Waals surface area contributed by atoms with Crippen LogP contribution < -0.4 is 10.1 Å². The van der Waals surface area contributed by atoms with Gasteiger partial charge in [-0.1, -0.05) is 41.1 Å². The van der Waals surface area contributed by atoms with Crippen LogP contribution in [0.25, 0.3) is 11.4 Å². The maximum absolute atomic E-state index is 12.2. The van der Waals surface area contributed by atoms with Crippen LogP contribution in [-0.2, 0) is 4.79 Å². The number of hydrogen-bond acceptors (Lipinski definition) is 5. The number of carbonyl (C=O) groups is 1. The van der Waals surface area contributed by atoms with Crippen LogP contribution in [0.4, 0.5) is 5.69 Å². The number of aryl methyl sites for hydroxylation is 2. The van der Waals surface area contributed by atoms with Gasteiger partial charge in [0.25, 0.3) is 0 Å².